The van der Waals surface area contributed by atoms with Crippen LogP contribution in [-0.4, -0.2) is 0 Å². The molecule has 1 aliphatic carbocycles. The van der Waals surface area contributed by atoms with Gasteiger partial charge in [-0.15, -0.1) is 0 Å². The van der Waals surface area contributed by atoms with Gasteiger partial charge >= 0.3 is 0 Å². The number of hydrogen-bond donors (Lipinski definition) is 0. The first-order valence-electron chi connectivity index (χ1n) is 21.2. The third kappa shape index (κ3) is 5.49. The summed E-state index contributed by atoms with van der Waals surface area (Å²) in [6, 6.07) is 77.5. The minimum atomic E-state index is -0.182. The van der Waals surface area contributed by atoms with Gasteiger partial charge in [0.15, 0.2) is 0 Å². The average Bonchev–Trinajstić information content (AvgIpc) is 3.81. The van der Waals surface area contributed by atoms with Crippen LogP contribution in [-0.2, 0) is 5.41 Å². The maximum atomic E-state index is 6.93. The number of rotatable bonds is 6. The number of benzene rings is 10. The molecule has 0 atom stereocenters. The molecule has 0 fully saturated rings. The Hall–Kier alpha value is -7.68. The molecule has 1 heterocycles. The fourth-order valence-electron chi connectivity index (χ4n) is 10.2. The molecule has 2 nitrogen and oxygen atoms in total. The van der Waals surface area contributed by atoms with E-state index in [1.54, 1.807) is 0 Å². The van der Waals surface area contributed by atoms with E-state index in [2.05, 4.69) is 231 Å². The van der Waals surface area contributed by atoms with Crippen LogP contribution in [0.3, 0.4) is 0 Å². The molecule has 0 saturated heterocycles. The highest BCUT2D eigenvalue weighted by molar-refractivity contribution is 6.17. The second-order valence-corrected chi connectivity index (χ2v) is 16.8. The van der Waals surface area contributed by atoms with E-state index >= 15 is 0 Å². The molecule has 0 aliphatic heterocycles. The largest absolute Gasteiger partial charge is 0.455 e. The lowest BCUT2D eigenvalue weighted by Gasteiger charge is -2.31. The highest BCUT2D eigenvalue weighted by Crippen LogP contribution is 2.54. The Kier molecular flexibility index (Phi) is 7.92. The molecule has 2 heteroatoms. The average molecular weight is 780 g/mol. The molecule has 11 aromatic rings. The summed E-state index contributed by atoms with van der Waals surface area (Å²) in [6.45, 7) is 4.73. The molecule has 61 heavy (non-hydrogen) atoms. The molecular weight excluding hydrogens is 739 g/mol. The second kappa shape index (κ2) is 13.7. The van der Waals surface area contributed by atoms with Crippen molar-refractivity contribution in [3.8, 4) is 44.5 Å². The summed E-state index contributed by atoms with van der Waals surface area (Å²) in [4.78, 5) is 2.50. The molecule has 1 aliphatic rings. The van der Waals surface area contributed by atoms with Gasteiger partial charge < -0.3 is 9.32 Å². The van der Waals surface area contributed by atoms with Crippen molar-refractivity contribution in [2.24, 2.45) is 0 Å². The number of para-hydroxylation sites is 1. The quantitative estimate of drug-likeness (QED) is 0.167. The van der Waals surface area contributed by atoms with Crippen molar-refractivity contribution in [1.29, 1.82) is 0 Å². The van der Waals surface area contributed by atoms with Gasteiger partial charge in [-0.25, -0.2) is 0 Å². The van der Waals surface area contributed by atoms with Crippen LogP contribution < -0.4 is 4.90 Å². The molecule has 10 aromatic carbocycles. The van der Waals surface area contributed by atoms with E-state index in [-0.39, 0.29) is 5.41 Å². The summed E-state index contributed by atoms with van der Waals surface area (Å²) >= 11 is 0. The summed E-state index contributed by atoms with van der Waals surface area (Å²) in [5.41, 5.74) is 17.0. The third-order valence-electron chi connectivity index (χ3n) is 13.1. The number of anilines is 3. The van der Waals surface area contributed by atoms with E-state index < -0.39 is 0 Å². The first-order valence-corrected chi connectivity index (χ1v) is 21.2. The van der Waals surface area contributed by atoms with Crippen molar-refractivity contribution < 1.29 is 4.42 Å². The summed E-state index contributed by atoms with van der Waals surface area (Å²) in [7, 11) is 0. The molecule has 0 radical (unpaired) electrons. The number of furan rings is 1. The molecule has 0 spiro atoms. The van der Waals surface area contributed by atoms with E-state index in [0.29, 0.717) is 0 Å². The van der Waals surface area contributed by atoms with E-state index in [1.807, 2.05) is 0 Å². The molecule has 0 bridgehead atoms. The van der Waals surface area contributed by atoms with E-state index in [0.717, 1.165) is 55.7 Å². The molecule has 288 valence electrons. The number of nitrogens with zero attached hydrogens (tertiary/aromatic N) is 1. The van der Waals surface area contributed by atoms with Gasteiger partial charge in [-0.3, -0.25) is 0 Å². The standard InChI is InChI=1S/C59H41NO/c1-59(2)51-28-11-10-23-47(51)48-35-34-43(37-52(48)59)60(54-30-15-31-55-57(54)50-27-13-24-45(58(50)61-55)40-17-4-3-5-18-40)53-29-14-26-49(46-25-12-21-39-19-8-9-22-44(39)46)56(53)42-33-32-38-16-6-7-20-41(38)36-42/h3-37H,1-2H3. The van der Waals surface area contributed by atoms with Gasteiger partial charge in [0.25, 0.3) is 0 Å². The van der Waals surface area contributed by atoms with Crippen LogP contribution in [0.4, 0.5) is 17.1 Å². The number of fused-ring (bicyclic) bond motifs is 8. The van der Waals surface area contributed by atoms with Gasteiger partial charge in [-0.1, -0.05) is 190 Å². The van der Waals surface area contributed by atoms with E-state index in [4.69, 9.17) is 4.42 Å². The fraction of sp³-hybridized carbons (Fsp3) is 0.0508. The van der Waals surface area contributed by atoms with Crippen LogP contribution in [0.2, 0.25) is 0 Å². The topological polar surface area (TPSA) is 16.4 Å². The summed E-state index contributed by atoms with van der Waals surface area (Å²) in [6.07, 6.45) is 0. The van der Waals surface area contributed by atoms with Crippen molar-refractivity contribution in [3.63, 3.8) is 0 Å². The Morgan fingerprint density at radius 2 is 1.03 bits per heavy atom. The Morgan fingerprint density at radius 1 is 0.393 bits per heavy atom. The zero-order valence-corrected chi connectivity index (χ0v) is 34.1. The SMILES string of the molecule is CC1(C)c2ccccc2-c2ccc(N(c3cccc(-c4cccc5ccccc45)c3-c3ccc4ccccc4c3)c3cccc4oc5c(-c6ccccc6)cccc5c34)cc21. The first-order chi connectivity index (χ1) is 30.0. The Bertz CT molecular complexity index is 3510. The highest BCUT2D eigenvalue weighted by Gasteiger charge is 2.36. The lowest BCUT2D eigenvalue weighted by molar-refractivity contribution is 0.660. The zero-order chi connectivity index (χ0) is 40.7. The fourth-order valence-corrected chi connectivity index (χ4v) is 10.2. The molecule has 0 N–H and O–H groups in total. The second-order valence-electron chi connectivity index (χ2n) is 16.8. The van der Waals surface area contributed by atoms with E-state index in [9.17, 15) is 0 Å². The molecule has 0 amide bonds. The molecule has 12 rings (SSSR count). The Labute approximate surface area is 355 Å². The Morgan fingerprint density at radius 3 is 1.93 bits per heavy atom. The number of hydrogen-bond acceptors (Lipinski definition) is 2. The maximum absolute atomic E-state index is 6.93. The molecular formula is C59H41NO. The zero-order valence-electron chi connectivity index (χ0n) is 34.1. The van der Waals surface area contributed by atoms with Gasteiger partial charge in [0.1, 0.15) is 11.2 Å². The summed E-state index contributed by atoms with van der Waals surface area (Å²) < 4.78 is 6.93. The van der Waals surface area contributed by atoms with Gasteiger partial charge in [0.05, 0.1) is 16.8 Å². The van der Waals surface area contributed by atoms with Crippen LogP contribution >= 0.6 is 0 Å². The maximum Gasteiger partial charge on any atom is 0.143 e. The normalized spacial score (nSPS) is 12.9. The van der Waals surface area contributed by atoms with Crippen LogP contribution in [0.25, 0.3) is 88.0 Å². The van der Waals surface area contributed by atoms with Gasteiger partial charge in [0.2, 0.25) is 0 Å². The highest BCUT2D eigenvalue weighted by atomic mass is 16.3. The predicted molar refractivity (Wildman–Crippen MR) is 257 cm³/mol. The van der Waals surface area contributed by atoms with Gasteiger partial charge in [-0.05, 0) is 102 Å². The lowest BCUT2D eigenvalue weighted by atomic mass is 9.82. The minimum absolute atomic E-state index is 0.182. The van der Waals surface area contributed by atoms with Crippen LogP contribution in [0, 0.1) is 0 Å². The summed E-state index contributed by atoms with van der Waals surface area (Å²) in [5.74, 6) is 0. The first kappa shape index (κ1) is 35.3. The van der Waals surface area contributed by atoms with Crippen molar-refractivity contribution in [2.75, 3.05) is 4.90 Å². The monoisotopic (exact) mass is 779 g/mol. The van der Waals surface area contributed by atoms with E-state index in [1.165, 1.54) is 60.5 Å². The van der Waals surface area contributed by atoms with Crippen molar-refractivity contribution in [1.82, 2.24) is 0 Å². The van der Waals surface area contributed by atoms with Crippen molar-refractivity contribution >= 4 is 60.5 Å². The van der Waals surface area contributed by atoms with Crippen LogP contribution in [0.15, 0.2) is 217 Å². The third-order valence-corrected chi connectivity index (χ3v) is 13.1. The molecule has 1 aromatic heterocycles. The molecule has 0 unspecified atom stereocenters. The van der Waals surface area contributed by atoms with Crippen molar-refractivity contribution in [2.45, 2.75) is 19.3 Å². The van der Waals surface area contributed by atoms with Crippen molar-refractivity contribution in [3.05, 3.63) is 223 Å². The predicted octanol–water partition coefficient (Wildman–Crippen LogP) is 16.7. The lowest BCUT2D eigenvalue weighted by Crippen LogP contribution is -2.17. The Balaban J connectivity index is 1.19. The van der Waals surface area contributed by atoms with Crippen LogP contribution in [0.1, 0.15) is 25.0 Å². The smallest absolute Gasteiger partial charge is 0.143 e. The van der Waals surface area contributed by atoms with Gasteiger partial charge in [-0.2, -0.15) is 0 Å². The minimum Gasteiger partial charge on any atom is -0.455 e. The van der Waals surface area contributed by atoms with Gasteiger partial charge in [0, 0.05) is 27.6 Å². The molecule has 0 saturated carbocycles. The summed E-state index contributed by atoms with van der Waals surface area (Å²) in [5, 5.41) is 7.04. The van der Waals surface area contributed by atoms with Crippen LogP contribution in [0.5, 0.6) is 0 Å².